The molecule has 0 radical (unpaired) electrons. The van der Waals surface area contributed by atoms with E-state index in [1.807, 2.05) is 6.92 Å². The smallest absolute Gasteiger partial charge is 0.127 e. The fourth-order valence-electron chi connectivity index (χ4n) is 2.64. The van der Waals surface area contributed by atoms with Crippen molar-refractivity contribution < 1.29 is 10.2 Å². The van der Waals surface area contributed by atoms with Crippen molar-refractivity contribution in [1.82, 2.24) is 0 Å². The summed E-state index contributed by atoms with van der Waals surface area (Å²) in [6.07, 6.45) is 2.66. The highest BCUT2D eigenvalue weighted by atomic mass is 16.3. The molecule has 0 unspecified atom stereocenters. The van der Waals surface area contributed by atoms with Crippen molar-refractivity contribution in [2.75, 3.05) is 0 Å². The van der Waals surface area contributed by atoms with E-state index < -0.39 is 0 Å². The summed E-state index contributed by atoms with van der Waals surface area (Å²) < 4.78 is 0. The summed E-state index contributed by atoms with van der Waals surface area (Å²) in [6.45, 7) is 6.28. The van der Waals surface area contributed by atoms with E-state index in [0.29, 0.717) is 0 Å². The Morgan fingerprint density at radius 1 is 0.800 bits per heavy atom. The highest BCUT2D eigenvalue weighted by Crippen LogP contribution is 2.38. The van der Waals surface area contributed by atoms with Gasteiger partial charge in [0.25, 0.3) is 0 Å². The van der Waals surface area contributed by atoms with Crippen LogP contribution in [-0.4, -0.2) is 10.2 Å². The third-order valence-electron chi connectivity index (χ3n) is 3.80. The Labute approximate surface area is 120 Å². The molecule has 2 rings (SSSR count). The van der Waals surface area contributed by atoms with Crippen LogP contribution in [0.1, 0.15) is 37.5 Å². The molecule has 0 fully saturated rings. The molecule has 0 aliphatic carbocycles. The van der Waals surface area contributed by atoms with Crippen LogP contribution in [0.5, 0.6) is 11.5 Å². The highest BCUT2D eigenvalue weighted by Gasteiger charge is 2.14. The van der Waals surface area contributed by atoms with Gasteiger partial charge in [-0.25, -0.2) is 0 Å². The molecule has 0 heterocycles. The normalized spacial score (nSPS) is 10.8. The van der Waals surface area contributed by atoms with E-state index in [1.54, 1.807) is 6.07 Å². The van der Waals surface area contributed by atoms with Gasteiger partial charge in [-0.2, -0.15) is 0 Å². The van der Waals surface area contributed by atoms with E-state index in [-0.39, 0.29) is 11.5 Å². The summed E-state index contributed by atoms with van der Waals surface area (Å²) in [4.78, 5) is 0. The topological polar surface area (TPSA) is 40.5 Å². The van der Waals surface area contributed by atoms with Crippen molar-refractivity contribution in [3.05, 3.63) is 47.0 Å². The van der Waals surface area contributed by atoms with Crippen molar-refractivity contribution >= 4 is 0 Å². The molecule has 0 aromatic heterocycles. The minimum absolute atomic E-state index is 0.118. The van der Waals surface area contributed by atoms with E-state index in [0.717, 1.165) is 36.0 Å². The highest BCUT2D eigenvalue weighted by molar-refractivity contribution is 5.78. The zero-order valence-corrected chi connectivity index (χ0v) is 12.4. The second-order valence-electron chi connectivity index (χ2n) is 5.05. The van der Waals surface area contributed by atoms with Crippen LogP contribution < -0.4 is 0 Å². The van der Waals surface area contributed by atoms with Crippen LogP contribution >= 0.6 is 0 Å². The molecule has 2 aromatic rings. The first kappa shape index (κ1) is 14.4. The second-order valence-corrected chi connectivity index (χ2v) is 5.05. The lowest BCUT2D eigenvalue weighted by Crippen LogP contribution is -1.95. The number of aromatic hydroxyl groups is 2. The van der Waals surface area contributed by atoms with Crippen LogP contribution in [0.2, 0.25) is 0 Å². The van der Waals surface area contributed by atoms with Crippen molar-refractivity contribution in [3.8, 4) is 22.6 Å². The Morgan fingerprint density at radius 3 is 2.10 bits per heavy atom. The molecule has 0 bridgehead atoms. The number of hydrogen-bond donors (Lipinski definition) is 2. The molecule has 106 valence electrons. The first-order valence-corrected chi connectivity index (χ1v) is 7.27. The van der Waals surface area contributed by atoms with Gasteiger partial charge < -0.3 is 10.2 Å². The van der Waals surface area contributed by atoms with Crippen molar-refractivity contribution in [2.45, 2.75) is 40.0 Å². The first-order chi connectivity index (χ1) is 9.60. The second kappa shape index (κ2) is 6.00. The number of phenolic OH excluding ortho intramolecular Hbond substituents is 2. The molecule has 0 amide bonds. The molecule has 20 heavy (non-hydrogen) atoms. The standard InChI is InChI=1S/C18H22O2/c1-4-12-7-8-13(5-2)16(9-12)18-14(6-3)10-15(19)11-17(18)20/h7-11,19-20H,4-6H2,1-3H3. The molecule has 0 saturated heterocycles. The predicted molar refractivity (Wildman–Crippen MR) is 83.3 cm³/mol. The maximum absolute atomic E-state index is 10.3. The van der Waals surface area contributed by atoms with Gasteiger partial charge in [0.15, 0.2) is 0 Å². The molecule has 0 aliphatic heterocycles. The zero-order valence-electron chi connectivity index (χ0n) is 12.4. The minimum Gasteiger partial charge on any atom is -0.508 e. The molecule has 2 nitrogen and oxygen atoms in total. The average Bonchev–Trinajstić information content (AvgIpc) is 2.45. The number of aryl methyl sites for hydroxylation is 3. The quantitative estimate of drug-likeness (QED) is 0.861. The number of benzene rings is 2. The average molecular weight is 270 g/mol. The molecule has 2 N–H and O–H groups in total. The number of hydrogen-bond acceptors (Lipinski definition) is 2. The molecule has 2 heteroatoms. The zero-order chi connectivity index (χ0) is 14.7. The van der Waals surface area contributed by atoms with Crippen LogP contribution in [-0.2, 0) is 19.3 Å². The van der Waals surface area contributed by atoms with Crippen molar-refractivity contribution in [1.29, 1.82) is 0 Å². The Balaban J connectivity index is 2.72. The minimum atomic E-state index is 0.118. The van der Waals surface area contributed by atoms with Crippen molar-refractivity contribution in [3.63, 3.8) is 0 Å². The molecule has 0 spiro atoms. The largest absolute Gasteiger partial charge is 0.508 e. The van der Waals surface area contributed by atoms with Gasteiger partial charge in [0.2, 0.25) is 0 Å². The molecular formula is C18H22O2. The lowest BCUT2D eigenvalue weighted by atomic mass is 9.90. The summed E-state index contributed by atoms with van der Waals surface area (Å²) in [6, 6.07) is 9.61. The van der Waals surface area contributed by atoms with Gasteiger partial charge in [-0.3, -0.25) is 0 Å². The summed E-state index contributed by atoms with van der Waals surface area (Å²) in [5, 5.41) is 19.9. The fraction of sp³-hybridized carbons (Fsp3) is 0.333. The maximum atomic E-state index is 10.3. The van der Waals surface area contributed by atoms with E-state index in [2.05, 4.69) is 32.0 Å². The molecule has 0 saturated carbocycles. The summed E-state index contributed by atoms with van der Waals surface area (Å²) in [7, 11) is 0. The van der Waals surface area contributed by atoms with Gasteiger partial charge in [0.1, 0.15) is 11.5 Å². The van der Waals surface area contributed by atoms with Crippen LogP contribution in [0.15, 0.2) is 30.3 Å². The fourth-order valence-corrected chi connectivity index (χ4v) is 2.64. The van der Waals surface area contributed by atoms with Crippen LogP contribution in [0.4, 0.5) is 0 Å². The maximum Gasteiger partial charge on any atom is 0.127 e. The molecular weight excluding hydrogens is 248 g/mol. The van der Waals surface area contributed by atoms with E-state index in [4.69, 9.17) is 0 Å². The first-order valence-electron chi connectivity index (χ1n) is 7.27. The summed E-state index contributed by atoms with van der Waals surface area (Å²) in [5.41, 5.74) is 5.40. The molecule has 2 aromatic carbocycles. The lowest BCUT2D eigenvalue weighted by molar-refractivity contribution is 0.450. The van der Waals surface area contributed by atoms with Gasteiger partial charge in [0, 0.05) is 11.6 Å². The summed E-state index contributed by atoms with van der Waals surface area (Å²) in [5.74, 6) is 0.276. The van der Waals surface area contributed by atoms with Gasteiger partial charge >= 0.3 is 0 Å². The third kappa shape index (κ3) is 2.64. The molecule has 0 aliphatic rings. The lowest BCUT2D eigenvalue weighted by Gasteiger charge is -2.16. The predicted octanol–water partition coefficient (Wildman–Crippen LogP) is 4.45. The SMILES string of the molecule is CCc1ccc(CC)c(-c2c(O)cc(O)cc2CC)c1. The van der Waals surface area contributed by atoms with E-state index in [9.17, 15) is 10.2 Å². The monoisotopic (exact) mass is 270 g/mol. The molecule has 0 atom stereocenters. The van der Waals surface area contributed by atoms with Gasteiger partial charge in [-0.05, 0) is 47.6 Å². The Hall–Kier alpha value is -1.96. The Morgan fingerprint density at radius 2 is 1.50 bits per heavy atom. The van der Waals surface area contributed by atoms with Gasteiger partial charge in [0.05, 0.1) is 0 Å². The van der Waals surface area contributed by atoms with E-state index >= 15 is 0 Å². The number of rotatable bonds is 4. The van der Waals surface area contributed by atoms with E-state index in [1.165, 1.54) is 17.2 Å². The Bertz CT molecular complexity index is 615. The third-order valence-corrected chi connectivity index (χ3v) is 3.80. The van der Waals surface area contributed by atoms with Crippen molar-refractivity contribution in [2.24, 2.45) is 0 Å². The van der Waals surface area contributed by atoms with Gasteiger partial charge in [-0.15, -0.1) is 0 Å². The van der Waals surface area contributed by atoms with Crippen LogP contribution in [0, 0.1) is 0 Å². The Kier molecular flexibility index (Phi) is 4.33. The van der Waals surface area contributed by atoms with Crippen LogP contribution in [0.25, 0.3) is 11.1 Å². The number of phenols is 2. The van der Waals surface area contributed by atoms with Crippen LogP contribution in [0.3, 0.4) is 0 Å². The van der Waals surface area contributed by atoms with Gasteiger partial charge in [-0.1, -0.05) is 39.0 Å². The summed E-state index contributed by atoms with van der Waals surface area (Å²) >= 11 is 0.